The molecule has 0 amide bonds. The molecule has 0 saturated heterocycles. The largest absolute Gasteiger partial charge is 0.356 e. The summed E-state index contributed by atoms with van der Waals surface area (Å²) < 4.78 is 4.24. The van der Waals surface area contributed by atoms with E-state index in [1.54, 1.807) is 11.3 Å². The normalized spacial score (nSPS) is 11.9. The lowest BCUT2D eigenvalue weighted by Gasteiger charge is -2.13. The van der Waals surface area contributed by atoms with Gasteiger partial charge in [-0.3, -0.25) is 0 Å². The lowest BCUT2D eigenvalue weighted by atomic mass is 10.3. The maximum absolute atomic E-state index is 4.73. The van der Waals surface area contributed by atoms with Gasteiger partial charge in [0.15, 0.2) is 11.8 Å². The summed E-state index contributed by atoms with van der Waals surface area (Å²) in [6.45, 7) is 6.93. The Labute approximate surface area is 186 Å². The number of fused-ring (bicyclic) bond motifs is 1. The Morgan fingerprint density at radius 3 is 2.71 bits per heavy atom. The molecule has 1 aromatic carbocycles. The summed E-state index contributed by atoms with van der Waals surface area (Å²) in [5.74, 6) is 3.55. The molecule has 0 aliphatic heterocycles. The Kier molecular flexibility index (Phi) is 6.61. The zero-order valence-corrected chi connectivity index (χ0v) is 19.0. The van der Waals surface area contributed by atoms with Crippen molar-refractivity contribution in [2.24, 2.45) is 12.0 Å². The summed E-state index contributed by atoms with van der Waals surface area (Å²) in [7, 11) is 1.96. The first-order chi connectivity index (χ1) is 15.1. The number of aliphatic imine (C=N–C) groups is 1. The SMILES string of the molecule is Cc1nnc(CN=C(NCCCn2c(C)nc3ccccc32)NCc2cccs2)n1C. The highest BCUT2D eigenvalue weighted by atomic mass is 32.1. The molecular weight excluding hydrogens is 408 g/mol. The van der Waals surface area contributed by atoms with Gasteiger partial charge in [-0.15, -0.1) is 21.5 Å². The number of benzene rings is 1. The average Bonchev–Trinajstić information content (AvgIpc) is 3.48. The molecule has 31 heavy (non-hydrogen) atoms. The van der Waals surface area contributed by atoms with Crippen molar-refractivity contribution in [1.82, 2.24) is 34.9 Å². The van der Waals surface area contributed by atoms with Crippen molar-refractivity contribution in [2.45, 2.75) is 39.9 Å². The molecule has 2 N–H and O–H groups in total. The second-order valence-corrected chi connectivity index (χ2v) is 8.43. The molecule has 162 valence electrons. The number of nitrogens with zero attached hydrogens (tertiary/aromatic N) is 6. The Morgan fingerprint density at radius 1 is 1.06 bits per heavy atom. The summed E-state index contributed by atoms with van der Waals surface area (Å²) in [6.07, 6.45) is 0.962. The monoisotopic (exact) mass is 436 g/mol. The van der Waals surface area contributed by atoms with Crippen molar-refractivity contribution < 1.29 is 0 Å². The molecular formula is C22H28N8S. The van der Waals surface area contributed by atoms with Crippen LogP contribution in [-0.2, 0) is 26.7 Å². The zero-order chi connectivity index (χ0) is 21.6. The summed E-state index contributed by atoms with van der Waals surface area (Å²) >= 11 is 1.73. The first kappa shape index (κ1) is 21.0. The van der Waals surface area contributed by atoms with Gasteiger partial charge in [0, 0.05) is 25.0 Å². The number of rotatable bonds is 8. The highest BCUT2D eigenvalue weighted by molar-refractivity contribution is 7.09. The molecule has 0 saturated carbocycles. The Hall–Kier alpha value is -3.20. The second kappa shape index (κ2) is 9.74. The standard InChI is InChI=1S/C22H28N8S/c1-16-26-19-9-4-5-10-20(19)30(16)12-7-11-23-22(24-14-18-8-6-13-31-18)25-15-21-28-27-17(2)29(21)3/h4-6,8-10,13H,7,11-12,14-15H2,1-3H3,(H2,23,24,25). The van der Waals surface area contributed by atoms with Crippen molar-refractivity contribution in [1.29, 1.82) is 0 Å². The van der Waals surface area contributed by atoms with E-state index in [9.17, 15) is 0 Å². The predicted molar refractivity (Wildman–Crippen MR) is 125 cm³/mol. The van der Waals surface area contributed by atoms with Gasteiger partial charge in [0.05, 0.1) is 17.6 Å². The highest BCUT2D eigenvalue weighted by Gasteiger charge is 2.08. The molecule has 4 aromatic rings. The number of hydrogen-bond acceptors (Lipinski definition) is 5. The fourth-order valence-corrected chi connectivity index (χ4v) is 4.06. The Morgan fingerprint density at radius 2 is 1.94 bits per heavy atom. The van der Waals surface area contributed by atoms with Crippen molar-refractivity contribution in [2.75, 3.05) is 6.54 Å². The van der Waals surface area contributed by atoms with E-state index in [0.29, 0.717) is 6.54 Å². The minimum Gasteiger partial charge on any atom is -0.356 e. The summed E-state index contributed by atoms with van der Waals surface area (Å²) in [6, 6.07) is 12.5. The van der Waals surface area contributed by atoms with Gasteiger partial charge < -0.3 is 19.8 Å². The van der Waals surface area contributed by atoms with Crippen LogP contribution in [0.15, 0.2) is 46.8 Å². The van der Waals surface area contributed by atoms with E-state index >= 15 is 0 Å². The van der Waals surface area contributed by atoms with Crippen LogP contribution in [0.4, 0.5) is 0 Å². The number of hydrogen-bond donors (Lipinski definition) is 2. The van der Waals surface area contributed by atoms with Crippen LogP contribution in [0, 0.1) is 13.8 Å². The van der Waals surface area contributed by atoms with Crippen molar-refractivity contribution in [3.63, 3.8) is 0 Å². The minimum atomic E-state index is 0.475. The summed E-state index contributed by atoms with van der Waals surface area (Å²) in [5, 5.41) is 17.3. The molecule has 0 atom stereocenters. The number of thiophene rings is 1. The fourth-order valence-electron chi connectivity index (χ4n) is 3.42. The molecule has 0 unspecified atom stereocenters. The zero-order valence-electron chi connectivity index (χ0n) is 18.2. The van der Waals surface area contributed by atoms with Crippen LogP contribution in [0.2, 0.25) is 0 Å². The van der Waals surface area contributed by atoms with Crippen molar-refractivity contribution >= 4 is 28.3 Å². The first-order valence-electron chi connectivity index (χ1n) is 10.4. The molecule has 4 rings (SSSR count). The van der Waals surface area contributed by atoms with Crippen molar-refractivity contribution in [3.8, 4) is 0 Å². The average molecular weight is 437 g/mol. The molecule has 3 heterocycles. The lowest BCUT2D eigenvalue weighted by molar-refractivity contribution is 0.623. The van der Waals surface area contributed by atoms with E-state index in [2.05, 4.69) is 73.0 Å². The van der Waals surface area contributed by atoms with Gasteiger partial charge in [0.1, 0.15) is 18.2 Å². The van der Waals surface area contributed by atoms with Crippen LogP contribution in [0.25, 0.3) is 11.0 Å². The molecule has 8 nitrogen and oxygen atoms in total. The lowest BCUT2D eigenvalue weighted by Crippen LogP contribution is -2.37. The molecule has 3 aromatic heterocycles. The minimum absolute atomic E-state index is 0.475. The summed E-state index contributed by atoms with van der Waals surface area (Å²) in [4.78, 5) is 10.6. The van der Waals surface area contributed by atoms with Crippen LogP contribution in [-0.4, -0.2) is 36.8 Å². The number of nitrogens with one attached hydrogen (secondary N) is 2. The van der Waals surface area contributed by atoms with Crippen LogP contribution in [0.3, 0.4) is 0 Å². The van der Waals surface area contributed by atoms with Gasteiger partial charge >= 0.3 is 0 Å². The van der Waals surface area contributed by atoms with E-state index in [-0.39, 0.29) is 0 Å². The van der Waals surface area contributed by atoms with Gasteiger partial charge in [0.25, 0.3) is 0 Å². The van der Waals surface area contributed by atoms with Crippen LogP contribution >= 0.6 is 11.3 Å². The topological polar surface area (TPSA) is 85.0 Å². The summed E-state index contributed by atoms with van der Waals surface area (Å²) in [5.41, 5.74) is 2.23. The van der Waals surface area contributed by atoms with Crippen LogP contribution < -0.4 is 10.6 Å². The van der Waals surface area contributed by atoms with Gasteiger partial charge in [-0.2, -0.15) is 0 Å². The van der Waals surface area contributed by atoms with E-state index in [1.807, 2.05) is 24.6 Å². The molecule has 9 heteroatoms. The van der Waals surface area contributed by atoms with Crippen LogP contribution in [0.1, 0.15) is 28.8 Å². The Balaban J connectivity index is 1.37. The van der Waals surface area contributed by atoms with Gasteiger partial charge in [-0.05, 0) is 43.8 Å². The second-order valence-electron chi connectivity index (χ2n) is 7.40. The molecule has 0 radical (unpaired) electrons. The smallest absolute Gasteiger partial charge is 0.192 e. The Bertz CT molecular complexity index is 1160. The maximum Gasteiger partial charge on any atom is 0.192 e. The number of imidazole rings is 1. The van der Waals surface area contributed by atoms with Crippen molar-refractivity contribution in [3.05, 3.63) is 64.1 Å². The third-order valence-electron chi connectivity index (χ3n) is 5.27. The molecule has 0 bridgehead atoms. The van der Waals surface area contributed by atoms with Gasteiger partial charge in [-0.1, -0.05) is 18.2 Å². The number of guanidine groups is 1. The molecule has 0 aliphatic rings. The number of para-hydroxylation sites is 2. The molecule has 0 aliphatic carbocycles. The maximum atomic E-state index is 4.73. The van der Waals surface area contributed by atoms with E-state index in [4.69, 9.17) is 4.99 Å². The first-order valence-corrected chi connectivity index (χ1v) is 11.3. The number of aromatic nitrogens is 5. The fraction of sp³-hybridized carbons (Fsp3) is 0.364. The van der Waals surface area contributed by atoms with Crippen LogP contribution in [0.5, 0.6) is 0 Å². The van der Waals surface area contributed by atoms with E-state index in [0.717, 1.165) is 55.0 Å². The quantitative estimate of drug-likeness (QED) is 0.252. The third kappa shape index (κ3) is 5.11. The van der Waals surface area contributed by atoms with Gasteiger partial charge in [0.2, 0.25) is 0 Å². The van der Waals surface area contributed by atoms with E-state index in [1.165, 1.54) is 10.4 Å². The number of aryl methyl sites for hydroxylation is 3. The molecule has 0 spiro atoms. The predicted octanol–water partition coefficient (Wildman–Crippen LogP) is 3.17. The molecule has 0 fully saturated rings. The third-order valence-corrected chi connectivity index (χ3v) is 6.14. The highest BCUT2D eigenvalue weighted by Crippen LogP contribution is 2.15. The van der Waals surface area contributed by atoms with E-state index < -0.39 is 0 Å². The van der Waals surface area contributed by atoms with Gasteiger partial charge in [-0.25, -0.2) is 9.98 Å².